The summed E-state index contributed by atoms with van der Waals surface area (Å²) >= 11 is 0. The zero-order chi connectivity index (χ0) is 29.7. The highest BCUT2D eigenvalue weighted by Gasteiger charge is 2.48. The van der Waals surface area contributed by atoms with Gasteiger partial charge in [-0.15, -0.1) is 0 Å². The zero-order valence-corrected chi connectivity index (χ0v) is 24.2. The average molecular weight is 549 g/mol. The number of hydrogen-bond acceptors (Lipinski definition) is 10. The number of hydrogen-bond donors (Lipinski definition) is 1. The number of imide groups is 1. The second-order valence-corrected chi connectivity index (χ2v) is 13.1. The molecule has 2 N–H and O–H groups in total. The van der Waals surface area contributed by atoms with Gasteiger partial charge in [-0.3, -0.25) is 9.36 Å². The molecule has 3 atom stereocenters. The lowest BCUT2D eigenvalue weighted by atomic mass is 9.76. The number of esters is 2. The number of nitrogens with zero attached hydrogens (tertiary/aromatic N) is 3. The van der Waals surface area contributed by atoms with E-state index in [4.69, 9.17) is 19.9 Å². The molecule has 12 heteroatoms. The first-order valence-electron chi connectivity index (χ1n) is 13.1. The molecule has 1 aromatic heterocycles. The van der Waals surface area contributed by atoms with E-state index in [1.54, 1.807) is 62.3 Å². The minimum atomic E-state index is -0.984. The molecule has 2 bridgehead atoms. The summed E-state index contributed by atoms with van der Waals surface area (Å²) in [6.07, 6.45) is 0.602. The average Bonchev–Trinajstić information content (AvgIpc) is 2.70. The first-order valence-corrected chi connectivity index (χ1v) is 13.1. The lowest BCUT2D eigenvalue weighted by Gasteiger charge is -2.46. The summed E-state index contributed by atoms with van der Waals surface area (Å²) in [4.78, 5) is 71.5. The Kier molecular flexibility index (Phi) is 7.93. The normalized spacial score (nSPS) is 21.8. The minimum Gasteiger partial charge on any atom is -0.456 e. The van der Waals surface area contributed by atoms with E-state index < -0.39 is 75.6 Å². The second-order valence-electron chi connectivity index (χ2n) is 13.1. The van der Waals surface area contributed by atoms with Crippen LogP contribution in [0, 0.1) is 5.92 Å². The number of aromatic nitrogens is 2. The topological polar surface area (TPSA) is 160 Å². The fourth-order valence-corrected chi connectivity index (χ4v) is 4.97. The van der Waals surface area contributed by atoms with Gasteiger partial charge >= 0.3 is 23.7 Å². The van der Waals surface area contributed by atoms with Crippen molar-refractivity contribution in [3.05, 3.63) is 21.7 Å². The summed E-state index contributed by atoms with van der Waals surface area (Å²) < 4.78 is 17.6. The van der Waals surface area contributed by atoms with E-state index in [0.717, 1.165) is 9.47 Å². The fraction of sp³-hybridized carbons (Fsp3) is 0.704. The number of nitrogen functional groups attached to an aromatic ring is 1. The molecule has 1 saturated carbocycles. The van der Waals surface area contributed by atoms with Crippen molar-refractivity contribution in [1.29, 1.82) is 0 Å². The number of anilines is 1. The van der Waals surface area contributed by atoms with E-state index in [-0.39, 0.29) is 12.3 Å². The van der Waals surface area contributed by atoms with Gasteiger partial charge in [0.15, 0.2) is 5.69 Å². The first kappa shape index (κ1) is 30.1. The van der Waals surface area contributed by atoms with Crippen molar-refractivity contribution in [2.24, 2.45) is 5.92 Å². The van der Waals surface area contributed by atoms with Crippen molar-refractivity contribution in [2.75, 3.05) is 5.73 Å². The largest absolute Gasteiger partial charge is 0.456 e. The number of rotatable bonds is 3. The molecular formula is C27H40N4O8. The quantitative estimate of drug-likeness (QED) is 0.436. The molecule has 0 aromatic carbocycles. The van der Waals surface area contributed by atoms with E-state index in [1.807, 2.05) is 0 Å². The highest BCUT2D eigenvalue weighted by molar-refractivity contribution is 6.05. The molecule has 12 nitrogen and oxygen atoms in total. The van der Waals surface area contributed by atoms with Crippen LogP contribution in [-0.2, 0) is 19.0 Å². The van der Waals surface area contributed by atoms with E-state index in [1.165, 1.54) is 0 Å². The Morgan fingerprint density at radius 2 is 1.36 bits per heavy atom. The van der Waals surface area contributed by atoms with Crippen LogP contribution >= 0.6 is 0 Å². The van der Waals surface area contributed by atoms with Crippen LogP contribution in [0.15, 0.2) is 4.79 Å². The molecular weight excluding hydrogens is 508 g/mol. The van der Waals surface area contributed by atoms with Gasteiger partial charge in [0.25, 0.3) is 0 Å². The molecule has 216 valence electrons. The third kappa shape index (κ3) is 6.96. The molecule has 1 aliphatic heterocycles. The number of fused-ring (bicyclic) bond motifs is 2. The van der Waals surface area contributed by atoms with Gasteiger partial charge in [0.1, 0.15) is 28.2 Å². The van der Waals surface area contributed by atoms with E-state index in [2.05, 4.69) is 4.98 Å². The van der Waals surface area contributed by atoms with Gasteiger partial charge < -0.3 is 19.9 Å². The van der Waals surface area contributed by atoms with Gasteiger partial charge in [-0.1, -0.05) is 0 Å². The lowest BCUT2D eigenvalue weighted by molar-refractivity contribution is -0.140. The second kappa shape index (κ2) is 10.3. The maximum atomic E-state index is 13.6. The van der Waals surface area contributed by atoms with Crippen molar-refractivity contribution in [1.82, 2.24) is 14.5 Å². The van der Waals surface area contributed by atoms with Crippen molar-refractivity contribution < 1.29 is 33.4 Å². The minimum absolute atomic E-state index is 0.00909. The van der Waals surface area contributed by atoms with Gasteiger partial charge in [-0.05, 0) is 87.5 Å². The van der Waals surface area contributed by atoms with Gasteiger partial charge in [-0.2, -0.15) is 4.98 Å². The standard InChI is InChI=1S/C27H40N4O8/c1-25(2,3)37-21(33)18-19(22(34)38-26(4,5)6)31(23(35)29-20(18)28)15-11-10-14-12-16(15)30(17(32)13-14)24(36)39-27(7,8)9/h14-16H,10-13H2,1-9H3,(H2,28,29,35)/t14-,15-,16-/m1/s1. The summed E-state index contributed by atoms with van der Waals surface area (Å²) in [6, 6.07) is -1.71. The summed E-state index contributed by atoms with van der Waals surface area (Å²) in [5, 5.41) is 0. The Hall–Kier alpha value is -3.44. The Morgan fingerprint density at radius 1 is 0.821 bits per heavy atom. The Balaban J connectivity index is 2.25. The van der Waals surface area contributed by atoms with E-state index in [9.17, 15) is 24.0 Å². The third-order valence-corrected chi connectivity index (χ3v) is 6.23. The molecule has 0 spiro atoms. The number of piperidine rings is 1. The van der Waals surface area contributed by atoms with Crippen LogP contribution in [0.2, 0.25) is 0 Å². The number of carbonyl (C=O) groups is 4. The molecule has 1 saturated heterocycles. The van der Waals surface area contributed by atoms with E-state index >= 15 is 0 Å². The van der Waals surface area contributed by atoms with Crippen molar-refractivity contribution >= 4 is 29.8 Å². The summed E-state index contributed by atoms with van der Waals surface area (Å²) in [7, 11) is 0. The summed E-state index contributed by atoms with van der Waals surface area (Å²) in [5.74, 6) is -2.87. The van der Waals surface area contributed by atoms with Gasteiger partial charge in [-0.25, -0.2) is 24.1 Å². The molecule has 2 amide bonds. The monoisotopic (exact) mass is 548 g/mol. The molecule has 0 radical (unpaired) electrons. The lowest BCUT2D eigenvalue weighted by Crippen LogP contribution is -2.57. The van der Waals surface area contributed by atoms with Gasteiger partial charge in [0.05, 0.1) is 12.1 Å². The number of nitrogens with two attached hydrogens (primary N) is 1. The number of ether oxygens (including phenoxy) is 3. The van der Waals surface area contributed by atoms with Crippen LogP contribution < -0.4 is 11.4 Å². The van der Waals surface area contributed by atoms with E-state index in [0.29, 0.717) is 19.3 Å². The maximum Gasteiger partial charge on any atom is 0.417 e. The molecule has 0 unspecified atom stereocenters. The smallest absolute Gasteiger partial charge is 0.417 e. The highest BCUT2D eigenvalue weighted by atomic mass is 16.6. The molecule has 3 rings (SSSR count). The van der Waals surface area contributed by atoms with Crippen LogP contribution in [0.1, 0.15) is 115 Å². The predicted molar refractivity (Wildman–Crippen MR) is 141 cm³/mol. The van der Waals surface area contributed by atoms with Crippen molar-refractivity contribution in [2.45, 2.75) is 117 Å². The zero-order valence-electron chi connectivity index (χ0n) is 24.2. The van der Waals surface area contributed by atoms with Gasteiger partial charge in [0.2, 0.25) is 5.91 Å². The number of carbonyl (C=O) groups excluding carboxylic acids is 4. The molecule has 39 heavy (non-hydrogen) atoms. The Bertz CT molecular complexity index is 1230. The summed E-state index contributed by atoms with van der Waals surface area (Å²) in [5.41, 5.74) is 1.49. The van der Waals surface area contributed by atoms with Crippen molar-refractivity contribution in [3.63, 3.8) is 0 Å². The maximum absolute atomic E-state index is 13.6. The van der Waals surface area contributed by atoms with Crippen LogP contribution in [0.4, 0.5) is 10.6 Å². The molecule has 1 aromatic rings. The first-order chi connectivity index (χ1) is 17.7. The predicted octanol–water partition coefficient (Wildman–Crippen LogP) is 3.61. The molecule has 2 heterocycles. The van der Waals surface area contributed by atoms with Crippen LogP contribution in [-0.4, -0.2) is 61.2 Å². The molecule has 2 aliphatic rings. The van der Waals surface area contributed by atoms with Crippen LogP contribution in [0.25, 0.3) is 0 Å². The Morgan fingerprint density at radius 3 is 1.90 bits per heavy atom. The summed E-state index contributed by atoms with van der Waals surface area (Å²) in [6.45, 7) is 14.9. The van der Waals surface area contributed by atoms with Crippen molar-refractivity contribution in [3.8, 4) is 0 Å². The van der Waals surface area contributed by atoms with Crippen LogP contribution in [0.3, 0.4) is 0 Å². The highest BCUT2D eigenvalue weighted by Crippen LogP contribution is 2.42. The fourth-order valence-electron chi connectivity index (χ4n) is 4.97. The Labute approximate surface area is 228 Å². The molecule has 1 aliphatic carbocycles. The van der Waals surface area contributed by atoms with Crippen LogP contribution in [0.5, 0.6) is 0 Å². The SMILES string of the molecule is CC(C)(C)OC(=O)c1c(N)nc(=O)n([C@@H]2CC[C@H]3CC(=O)N(C(=O)OC(C)(C)C)[C@@H]2C3)c1C(=O)OC(C)(C)C. The third-order valence-electron chi connectivity index (χ3n) is 6.23. The number of likely N-dealkylation sites (tertiary alicyclic amines) is 1. The number of amides is 2. The molecule has 2 fully saturated rings. The van der Waals surface area contributed by atoms with Gasteiger partial charge in [0, 0.05) is 6.42 Å².